The highest BCUT2D eigenvalue weighted by atomic mass is 35.5. The van der Waals surface area contributed by atoms with Crippen molar-refractivity contribution in [1.82, 2.24) is 16.1 Å². The van der Waals surface area contributed by atoms with E-state index in [4.69, 9.17) is 42.1 Å². The highest BCUT2D eigenvalue weighted by Gasteiger charge is 2.32. The van der Waals surface area contributed by atoms with Crippen LogP contribution in [0.15, 0.2) is 71.0 Å². The lowest BCUT2D eigenvalue weighted by molar-refractivity contribution is -0.384. The van der Waals surface area contributed by atoms with Crippen molar-refractivity contribution in [2.75, 3.05) is 20.3 Å². The number of amides is 2. The van der Waals surface area contributed by atoms with Crippen LogP contribution >= 0.6 is 23.2 Å². The zero-order valence-corrected chi connectivity index (χ0v) is 26.9. The van der Waals surface area contributed by atoms with Crippen molar-refractivity contribution < 1.29 is 38.6 Å². The summed E-state index contributed by atoms with van der Waals surface area (Å²) in [6.07, 6.45) is 0.150. The molecule has 2 amide bonds. The number of rotatable bonds is 14. The van der Waals surface area contributed by atoms with Crippen LogP contribution in [-0.2, 0) is 16.1 Å². The number of hydrogen-bond acceptors (Lipinski definition) is 11. The standard InChI is InChI=1S/C31H31Cl2N5O9/c1-4-45-25-13-20(28-27(30(40)44-3)17(2)35-31(41)36-28)8-9-24(25)46-16-26(39)37-34-14-19-11-22(32)29(23(33)12-19)47-15-18-6-5-7-21(10-18)38(42)43/h5-14,26,28,37,39H,4,15-16H2,1-3H3,(H2,35,36,41)/b34-14-/t26-,28+/m1/s1. The van der Waals surface area contributed by atoms with Crippen molar-refractivity contribution in [3.8, 4) is 17.2 Å². The predicted octanol–water partition coefficient (Wildman–Crippen LogP) is 5.00. The monoisotopic (exact) mass is 687 g/mol. The Labute approximate surface area is 279 Å². The number of benzene rings is 3. The summed E-state index contributed by atoms with van der Waals surface area (Å²) in [7, 11) is 1.25. The van der Waals surface area contributed by atoms with Gasteiger partial charge in [-0.1, -0.05) is 41.4 Å². The number of carbonyl (C=O) groups is 2. The summed E-state index contributed by atoms with van der Waals surface area (Å²) in [6.45, 7) is 3.47. The van der Waals surface area contributed by atoms with Crippen LogP contribution in [0.4, 0.5) is 10.5 Å². The number of non-ortho nitro benzene ring substituents is 1. The third-order valence-corrected chi connectivity index (χ3v) is 7.20. The molecule has 0 radical (unpaired) electrons. The van der Waals surface area contributed by atoms with Crippen LogP contribution in [0, 0.1) is 10.1 Å². The van der Waals surface area contributed by atoms with Gasteiger partial charge in [0, 0.05) is 17.8 Å². The second kappa shape index (κ2) is 16.0. The summed E-state index contributed by atoms with van der Waals surface area (Å²) < 4.78 is 22.1. The van der Waals surface area contributed by atoms with Crippen LogP contribution < -0.4 is 30.3 Å². The molecule has 16 heteroatoms. The summed E-state index contributed by atoms with van der Waals surface area (Å²) in [6, 6.07) is 12.7. The summed E-state index contributed by atoms with van der Waals surface area (Å²) >= 11 is 12.7. The Morgan fingerprint density at radius 1 is 1.13 bits per heavy atom. The molecule has 4 rings (SSSR count). The third kappa shape index (κ3) is 9.03. The van der Waals surface area contributed by atoms with Crippen molar-refractivity contribution in [2.45, 2.75) is 32.7 Å². The van der Waals surface area contributed by atoms with E-state index in [9.17, 15) is 24.8 Å². The number of nitrogens with one attached hydrogen (secondary N) is 3. The number of nitro groups is 1. The number of hydrogen-bond donors (Lipinski definition) is 4. The molecule has 1 aliphatic heterocycles. The van der Waals surface area contributed by atoms with Gasteiger partial charge in [-0.05, 0) is 54.8 Å². The largest absolute Gasteiger partial charge is 0.490 e. The van der Waals surface area contributed by atoms with E-state index in [0.717, 1.165) is 0 Å². The number of ether oxygens (including phenoxy) is 4. The molecule has 4 N–H and O–H groups in total. The van der Waals surface area contributed by atoms with Crippen molar-refractivity contribution in [3.63, 3.8) is 0 Å². The summed E-state index contributed by atoms with van der Waals surface area (Å²) in [4.78, 5) is 35.1. The summed E-state index contributed by atoms with van der Waals surface area (Å²) in [5.74, 6) is 0.234. The fourth-order valence-electron chi connectivity index (χ4n) is 4.53. The minimum absolute atomic E-state index is 0.00984. The van der Waals surface area contributed by atoms with E-state index in [1.807, 2.05) is 0 Å². The third-order valence-electron chi connectivity index (χ3n) is 6.63. The Morgan fingerprint density at radius 3 is 2.55 bits per heavy atom. The Kier molecular flexibility index (Phi) is 11.8. The van der Waals surface area contributed by atoms with Crippen molar-refractivity contribution in [1.29, 1.82) is 0 Å². The minimum Gasteiger partial charge on any atom is -0.490 e. The van der Waals surface area contributed by atoms with Crippen molar-refractivity contribution in [3.05, 3.63) is 103 Å². The molecule has 0 spiro atoms. The van der Waals surface area contributed by atoms with Gasteiger partial charge in [-0.2, -0.15) is 5.10 Å². The number of esters is 1. The Hall–Kier alpha value is -5.05. The van der Waals surface area contributed by atoms with Gasteiger partial charge in [0.2, 0.25) is 0 Å². The SMILES string of the molecule is CCOc1cc([C@@H]2NC(=O)NC(C)=C2C(=O)OC)ccc1OC[C@@H](O)N/N=C\c1cc(Cl)c(OCc2cccc([N+](=O)[O-])c2)c(Cl)c1. The highest BCUT2D eigenvalue weighted by molar-refractivity contribution is 6.37. The molecule has 2 atom stereocenters. The van der Waals surface area contributed by atoms with Crippen LogP contribution in [0.1, 0.15) is 36.6 Å². The molecule has 0 fully saturated rings. The first-order chi connectivity index (χ1) is 22.5. The molecule has 0 saturated heterocycles. The van der Waals surface area contributed by atoms with Crippen LogP contribution in [0.2, 0.25) is 10.0 Å². The number of carbonyl (C=O) groups excluding carboxylic acids is 2. The van der Waals surface area contributed by atoms with E-state index in [1.54, 1.807) is 56.3 Å². The first-order valence-electron chi connectivity index (χ1n) is 14.1. The molecule has 0 saturated carbocycles. The lowest BCUT2D eigenvalue weighted by Crippen LogP contribution is -2.45. The average molecular weight is 689 g/mol. The van der Waals surface area contributed by atoms with Crippen LogP contribution in [0.5, 0.6) is 17.2 Å². The van der Waals surface area contributed by atoms with Crippen LogP contribution in [0.3, 0.4) is 0 Å². The van der Waals surface area contributed by atoms with Gasteiger partial charge in [0.25, 0.3) is 5.69 Å². The molecule has 1 heterocycles. The van der Waals surface area contributed by atoms with Gasteiger partial charge in [-0.3, -0.25) is 15.5 Å². The fraction of sp³-hybridized carbons (Fsp3) is 0.258. The van der Waals surface area contributed by atoms with E-state index in [0.29, 0.717) is 40.5 Å². The Bertz CT molecular complexity index is 1690. The topological polar surface area (TPSA) is 183 Å². The molecule has 3 aromatic carbocycles. The van der Waals surface area contributed by atoms with E-state index >= 15 is 0 Å². The molecule has 47 heavy (non-hydrogen) atoms. The molecular weight excluding hydrogens is 657 g/mol. The van der Waals surface area contributed by atoms with Gasteiger partial charge >= 0.3 is 12.0 Å². The number of nitro benzene ring substituents is 1. The normalized spacial score (nSPS) is 15.0. The molecule has 0 aliphatic carbocycles. The number of halogens is 2. The zero-order valence-electron chi connectivity index (χ0n) is 25.4. The van der Waals surface area contributed by atoms with Gasteiger partial charge in [-0.25, -0.2) is 9.59 Å². The van der Waals surface area contributed by atoms with Gasteiger partial charge in [0.1, 0.15) is 13.2 Å². The number of methoxy groups -OCH3 is 1. The summed E-state index contributed by atoms with van der Waals surface area (Å²) in [5.41, 5.74) is 4.70. The van der Waals surface area contributed by atoms with Gasteiger partial charge in [0.05, 0.1) is 46.5 Å². The number of nitrogens with zero attached hydrogens (tertiary/aromatic N) is 2. The number of hydrazone groups is 1. The smallest absolute Gasteiger partial charge is 0.337 e. The molecule has 248 valence electrons. The van der Waals surface area contributed by atoms with Gasteiger partial charge in [0.15, 0.2) is 23.5 Å². The van der Waals surface area contributed by atoms with Gasteiger partial charge in [-0.15, -0.1) is 0 Å². The minimum atomic E-state index is -1.23. The second-order valence-electron chi connectivity index (χ2n) is 9.94. The Balaban J connectivity index is 1.37. The number of urea groups is 1. The summed E-state index contributed by atoms with van der Waals surface area (Å²) in [5, 5.41) is 31.1. The first-order valence-corrected chi connectivity index (χ1v) is 14.8. The fourth-order valence-corrected chi connectivity index (χ4v) is 5.14. The van der Waals surface area contributed by atoms with E-state index in [1.165, 1.54) is 25.5 Å². The molecule has 0 aromatic heterocycles. The maximum Gasteiger partial charge on any atom is 0.337 e. The average Bonchev–Trinajstić information content (AvgIpc) is 3.03. The molecule has 0 bridgehead atoms. The zero-order chi connectivity index (χ0) is 34.1. The predicted molar refractivity (Wildman–Crippen MR) is 173 cm³/mol. The maximum absolute atomic E-state index is 12.4. The second-order valence-corrected chi connectivity index (χ2v) is 10.8. The highest BCUT2D eigenvalue weighted by Crippen LogP contribution is 2.36. The van der Waals surface area contributed by atoms with E-state index in [2.05, 4.69) is 21.2 Å². The van der Waals surface area contributed by atoms with Crippen molar-refractivity contribution in [2.24, 2.45) is 5.10 Å². The molecule has 1 aliphatic rings. The molecule has 3 aromatic rings. The van der Waals surface area contributed by atoms with Crippen LogP contribution in [-0.4, -0.2) is 54.8 Å². The number of aliphatic hydroxyl groups excluding tert-OH is 1. The quantitative estimate of drug-likeness (QED) is 0.0591. The number of aliphatic hydroxyl groups is 1. The molecule has 14 nitrogen and oxygen atoms in total. The van der Waals surface area contributed by atoms with Gasteiger partial charge < -0.3 is 34.7 Å². The lowest BCUT2D eigenvalue weighted by atomic mass is 9.95. The lowest BCUT2D eigenvalue weighted by Gasteiger charge is -2.28. The van der Waals surface area contributed by atoms with Crippen LogP contribution in [0.25, 0.3) is 0 Å². The maximum atomic E-state index is 12.4. The van der Waals surface area contributed by atoms with E-state index in [-0.39, 0.29) is 40.3 Å². The molecular formula is C31H31Cl2N5O9. The first kappa shape index (κ1) is 34.8. The number of allylic oxidation sites excluding steroid dienone is 1. The molecule has 0 unspecified atom stereocenters. The van der Waals surface area contributed by atoms with E-state index < -0.39 is 29.2 Å². The Morgan fingerprint density at radius 2 is 1.87 bits per heavy atom. The van der Waals surface area contributed by atoms with Crippen molar-refractivity contribution >= 4 is 47.1 Å².